The van der Waals surface area contributed by atoms with Gasteiger partial charge in [0.2, 0.25) is 0 Å². The molecule has 1 atom stereocenters. The highest BCUT2D eigenvalue weighted by molar-refractivity contribution is 4.91. The van der Waals surface area contributed by atoms with Gasteiger partial charge in [-0.05, 0) is 26.2 Å². The van der Waals surface area contributed by atoms with E-state index < -0.39 is 0 Å². The molecule has 2 N–H and O–H groups in total. The van der Waals surface area contributed by atoms with E-state index in [4.69, 9.17) is 0 Å². The number of hydrogen-bond donors (Lipinski definition) is 2. The van der Waals surface area contributed by atoms with Gasteiger partial charge in [-0.15, -0.1) is 0 Å². The third-order valence-electron chi connectivity index (χ3n) is 3.48. The number of aromatic nitrogens is 2. The summed E-state index contributed by atoms with van der Waals surface area (Å²) >= 11 is 0. The van der Waals surface area contributed by atoms with E-state index in [0.29, 0.717) is 6.04 Å². The normalized spacial score (nSPS) is 14.8. The molecular formula is C15H29N3O. The van der Waals surface area contributed by atoms with Crippen molar-refractivity contribution in [3.8, 4) is 0 Å². The Bertz CT molecular complexity index is 362. The predicted octanol–water partition coefficient (Wildman–Crippen LogP) is 2.36. The molecule has 0 amide bonds. The molecule has 1 aromatic rings. The van der Waals surface area contributed by atoms with Crippen LogP contribution in [-0.4, -0.2) is 32.8 Å². The van der Waals surface area contributed by atoms with Gasteiger partial charge in [-0.1, -0.05) is 20.8 Å². The van der Waals surface area contributed by atoms with Crippen molar-refractivity contribution in [3.63, 3.8) is 0 Å². The summed E-state index contributed by atoms with van der Waals surface area (Å²) < 4.78 is 2.23. The number of nitrogens with one attached hydrogen (secondary N) is 1. The molecule has 0 saturated heterocycles. The zero-order valence-corrected chi connectivity index (χ0v) is 12.8. The first-order valence-corrected chi connectivity index (χ1v) is 7.39. The summed E-state index contributed by atoms with van der Waals surface area (Å²) in [6.45, 7) is 9.68. The lowest BCUT2D eigenvalue weighted by atomic mass is 9.95. The zero-order chi connectivity index (χ0) is 14.3. The van der Waals surface area contributed by atoms with Gasteiger partial charge in [0.1, 0.15) is 5.82 Å². The SMILES string of the molecule is CCc1nccn1CCCCC(C)(CO)NC(C)C. The maximum Gasteiger partial charge on any atom is 0.108 e. The van der Waals surface area contributed by atoms with Gasteiger partial charge in [0.05, 0.1) is 6.61 Å². The van der Waals surface area contributed by atoms with Crippen molar-refractivity contribution < 1.29 is 5.11 Å². The van der Waals surface area contributed by atoms with Crippen LogP contribution in [0.1, 0.15) is 52.8 Å². The monoisotopic (exact) mass is 267 g/mol. The molecule has 4 heteroatoms. The summed E-state index contributed by atoms with van der Waals surface area (Å²) in [4.78, 5) is 4.33. The molecule has 110 valence electrons. The smallest absolute Gasteiger partial charge is 0.108 e. The Morgan fingerprint density at radius 1 is 1.42 bits per heavy atom. The van der Waals surface area contributed by atoms with Gasteiger partial charge in [-0.25, -0.2) is 4.98 Å². The number of aryl methyl sites for hydroxylation is 2. The zero-order valence-electron chi connectivity index (χ0n) is 12.8. The quantitative estimate of drug-likeness (QED) is 0.675. The number of hydrogen-bond acceptors (Lipinski definition) is 3. The summed E-state index contributed by atoms with van der Waals surface area (Å²) in [5.41, 5.74) is -0.156. The standard InChI is InChI=1S/C15H29N3O/c1-5-14-16-9-11-18(14)10-7-6-8-15(4,12-19)17-13(2)3/h9,11,13,17,19H,5-8,10,12H2,1-4H3. The van der Waals surface area contributed by atoms with Gasteiger partial charge in [0.25, 0.3) is 0 Å². The Labute approximate surface area is 117 Å². The van der Waals surface area contributed by atoms with E-state index in [-0.39, 0.29) is 12.1 Å². The second-order valence-electron chi connectivity index (χ2n) is 5.87. The van der Waals surface area contributed by atoms with Crippen molar-refractivity contribution in [2.24, 2.45) is 0 Å². The summed E-state index contributed by atoms with van der Waals surface area (Å²) in [6.07, 6.45) is 8.14. The molecule has 1 unspecified atom stereocenters. The molecule has 0 aliphatic heterocycles. The van der Waals surface area contributed by atoms with Crippen LogP contribution >= 0.6 is 0 Å². The van der Waals surface area contributed by atoms with Gasteiger partial charge in [-0.2, -0.15) is 0 Å². The van der Waals surface area contributed by atoms with Gasteiger partial charge < -0.3 is 15.0 Å². The third-order valence-corrected chi connectivity index (χ3v) is 3.48. The van der Waals surface area contributed by atoms with Crippen LogP contribution in [0, 0.1) is 0 Å². The fraction of sp³-hybridized carbons (Fsp3) is 0.800. The number of nitrogens with zero attached hydrogens (tertiary/aromatic N) is 2. The molecular weight excluding hydrogens is 238 g/mol. The molecule has 19 heavy (non-hydrogen) atoms. The highest BCUT2D eigenvalue weighted by Crippen LogP contribution is 2.15. The molecule has 4 nitrogen and oxygen atoms in total. The molecule has 0 aliphatic rings. The molecule has 0 saturated carbocycles. The van der Waals surface area contributed by atoms with E-state index in [1.165, 1.54) is 0 Å². The molecule has 0 bridgehead atoms. The molecule has 1 heterocycles. The van der Waals surface area contributed by atoms with Gasteiger partial charge >= 0.3 is 0 Å². The minimum Gasteiger partial charge on any atom is -0.394 e. The lowest BCUT2D eigenvalue weighted by Gasteiger charge is -2.31. The molecule has 0 spiro atoms. The van der Waals surface area contributed by atoms with Gasteiger partial charge in [0, 0.05) is 36.9 Å². The third kappa shape index (κ3) is 5.33. The van der Waals surface area contributed by atoms with Gasteiger partial charge in [0.15, 0.2) is 0 Å². The fourth-order valence-electron chi connectivity index (χ4n) is 2.55. The minimum absolute atomic E-state index is 0.156. The predicted molar refractivity (Wildman–Crippen MR) is 79.2 cm³/mol. The van der Waals surface area contributed by atoms with Crippen LogP contribution in [0.5, 0.6) is 0 Å². The van der Waals surface area contributed by atoms with Crippen LogP contribution in [0.15, 0.2) is 12.4 Å². The van der Waals surface area contributed by atoms with Crippen molar-refractivity contribution in [2.75, 3.05) is 6.61 Å². The Kier molecular flexibility index (Phi) is 6.52. The summed E-state index contributed by atoms with van der Waals surface area (Å²) in [7, 11) is 0. The minimum atomic E-state index is -0.156. The van der Waals surface area contributed by atoms with E-state index in [1.54, 1.807) is 0 Å². The highest BCUT2D eigenvalue weighted by atomic mass is 16.3. The summed E-state index contributed by atoms with van der Waals surface area (Å²) in [5, 5.41) is 13.0. The summed E-state index contributed by atoms with van der Waals surface area (Å²) in [5.74, 6) is 1.16. The number of imidazole rings is 1. The first kappa shape index (κ1) is 16.2. The van der Waals surface area contributed by atoms with Crippen LogP contribution in [0.25, 0.3) is 0 Å². The van der Waals surface area contributed by atoms with E-state index in [1.807, 2.05) is 6.20 Å². The van der Waals surface area contributed by atoms with Crippen molar-refractivity contribution in [2.45, 2.75) is 71.5 Å². The first-order valence-electron chi connectivity index (χ1n) is 7.39. The lowest BCUT2D eigenvalue weighted by molar-refractivity contribution is 0.153. The van der Waals surface area contributed by atoms with Crippen LogP contribution in [0.2, 0.25) is 0 Å². The highest BCUT2D eigenvalue weighted by Gasteiger charge is 2.22. The van der Waals surface area contributed by atoms with Gasteiger partial charge in [-0.3, -0.25) is 0 Å². The van der Waals surface area contributed by atoms with E-state index in [2.05, 4.69) is 48.8 Å². The van der Waals surface area contributed by atoms with Crippen molar-refractivity contribution >= 4 is 0 Å². The second kappa shape index (κ2) is 7.65. The van der Waals surface area contributed by atoms with Crippen molar-refractivity contribution in [3.05, 3.63) is 18.2 Å². The molecule has 0 radical (unpaired) electrons. The Balaban J connectivity index is 2.33. The summed E-state index contributed by atoms with van der Waals surface area (Å²) in [6, 6.07) is 0.400. The van der Waals surface area contributed by atoms with E-state index >= 15 is 0 Å². The van der Waals surface area contributed by atoms with Crippen LogP contribution in [0.3, 0.4) is 0 Å². The largest absolute Gasteiger partial charge is 0.394 e. The Hall–Kier alpha value is -0.870. The average molecular weight is 267 g/mol. The average Bonchev–Trinajstić information content (AvgIpc) is 2.81. The topological polar surface area (TPSA) is 50.1 Å². The van der Waals surface area contributed by atoms with Crippen molar-refractivity contribution in [1.82, 2.24) is 14.9 Å². The van der Waals surface area contributed by atoms with Crippen molar-refractivity contribution in [1.29, 1.82) is 0 Å². The second-order valence-corrected chi connectivity index (χ2v) is 5.87. The Morgan fingerprint density at radius 2 is 2.16 bits per heavy atom. The lowest BCUT2D eigenvalue weighted by Crippen LogP contribution is -2.49. The molecule has 0 fully saturated rings. The molecule has 1 rings (SSSR count). The van der Waals surface area contributed by atoms with E-state index in [9.17, 15) is 5.11 Å². The first-order chi connectivity index (χ1) is 9.00. The van der Waals surface area contributed by atoms with Crippen LogP contribution < -0.4 is 5.32 Å². The Morgan fingerprint density at radius 3 is 2.74 bits per heavy atom. The number of rotatable bonds is 9. The fourth-order valence-corrected chi connectivity index (χ4v) is 2.55. The number of aliphatic hydroxyl groups excluding tert-OH is 1. The van der Waals surface area contributed by atoms with Crippen LogP contribution in [0.4, 0.5) is 0 Å². The number of aliphatic hydroxyl groups is 1. The molecule has 0 aromatic carbocycles. The maximum atomic E-state index is 9.52. The number of unbranched alkanes of at least 4 members (excludes halogenated alkanes) is 1. The van der Waals surface area contributed by atoms with E-state index in [0.717, 1.165) is 38.1 Å². The van der Waals surface area contributed by atoms with Crippen LogP contribution in [-0.2, 0) is 13.0 Å². The molecule has 1 aromatic heterocycles. The maximum absolute atomic E-state index is 9.52. The molecule has 0 aliphatic carbocycles.